The summed E-state index contributed by atoms with van der Waals surface area (Å²) in [5.41, 5.74) is 0. The van der Waals surface area contributed by atoms with Crippen molar-refractivity contribution < 1.29 is 18.4 Å². The second kappa shape index (κ2) is 6.44. The lowest BCUT2D eigenvalue weighted by Gasteiger charge is -2.04. The molecule has 6 nitrogen and oxygen atoms in total. The molecule has 2 N–H and O–H groups in total. The van der Waals surface area contributed by atoms with Gasteiger partial charge in [0, 0.05) is 0 Å². The van der Waals surface area contributed by atoms with E-state index in [-0.39, 0.29) is 31.3 Å². The molecule has 2 aromatic heterocycles. The van der Waals surface area contributed by atoms with E-state index in [0.29, 0.717) is 11.5 Å². The minimum Gasteiger partial charge on any atom is -0.467 e. The predicted molar refractivity (Wildman–Crippen MR) is 65.7 cm³/mol. The summed E-state index contributed by atoms with van der Waals surface area (Å²) < 4.78 is 10.1. The quantitative estimate of drug-likeness (QED) is 0.766. The second-order valence-corrected chi connectivity index (χ2v) is 3.89. The molecule has 0 aliphatic carbocycles. The molecule has 0 fully saturated rings. The van der Waals surface area contributed by atoms with Gasteiger partial charge in [0.25, 0.3) is 0 Å². The monoisotopic (exact) mass is 262 g/mol. The summed E-state index contributed by atoms with van der Waals surface area (Å²) in [4.78, 5) is 22.9. The molecule has 2 heterocycles. The number of nitrogens with one attached hydrogen (secondary N) is 2. The molecule has 6 heteroatoms. The van der Waals surface area contributed by atoms with E-state index in [1.807, 2.05) is 0 Å². The standard InChI is InChI=1S/C13H14N2O4/c16-12(14-8-10-3-1-5-18-10)7-13(17)15-9-11-4-2-6-19-11/h1-6H,7-9H2,(H,14,16)(H,15,17). The zero-order valence-electron chi connectivity index (χ0n) is 10.2. The smallest absolute Gasteiger partial charge is 0.229 e. The average Bonchev–Trinajstić information content (AvgIpc) is 3.07. The Hall–Kier alpha value is -2.50. The number of furan rings is 2. The number of hydrogen-bond donors (Lipinski definition) is 2. The maximum absolute atomic E-state index is 11.5. The van der Waals surface area contributed by atoms with E-state index in [1.165, 1.54) is 12.5 Å². The van der Waals surface area contributed by atoms with Crippen LogP contribution in [0.1, 0.15) is 17.9 Å². The second-order valence-electron chi connectivity index (χ2n) is 3.89. The third-order valence-corrected chi connectivity index (χ3v) is 2.40. The minimum absolute atomic E-state index is 0.221. The first-order chi connectivity index (χ1) is 9.24. The van der Waals surface area contributed by atoms with Crippen LogP contribution in [0.25, 0.3) is 0 Å². The molecule has 0 bridgehead atoms. The van der Waals surface area contributed by atoms with Crippen molar-refractivity contribution in [2.45, 2.75) is 19.5 Å². The van der Waals surface area contributed by atoms with Crippen molar-refractivity contribution in [2.24, 2.45) is 0 Å². The number of carbonyl (C=O) groups is 2. The molecule has 0 saturated carbocycles. The summed E-state index contributed by atoms with van der Waals surface area (Å²) in [6.45, 7) is 0.550. The first-order valence-corrected chi connectivity index (χ1v) is 5.82. The van der Waals surface area contributed by atoms with Gasteiger partial charge in [0.15, 0.2) is 0 Å². The molecule has 2 amide bonds. The van der Waals surface area contributed by atoms with E-state index in [0.717, 1.165) is 0 Å². The molecule has 0 atom stereocenters. The van der Waals surface area contributed by atoms with Crippen LogP contribution in [-0.4, -0.2) is 11.8 Å². The summed E-state index contributed by atoms with van der Waals surface area (Å²) in [7, 11) is 0. The lowest BCUT2D eigenvalue weighted by molar-refractivity contribution is -0.129. The van der Waals surface area contributed by atoms with Gasteiger partial charge in [0.1, 0.15) is 17.9 Å². The third kappa shape index (κ3) is 4.34. The number of carbonyl (C=O) groups excluding carboxylic acids is 2. The number of rotatable bonds is 6. The molecular weight excluding hydrogens is 248 g/mol. The summed E-state index contributed by atoms with van der Waals surface area (Å²) in [6.07, 6.45) is 2.83. The van der Waals surface area contributed by atoms with Crippen molar-refractivity contribution >= 4 is 11.8 Å². The summed E-state index contributed by atoms with van der Waals surface area (Å²) in [6, 6.07) is 6.96. The van der Waals surface area contributed by atoms with Gasteiger partial charge in [0.05, 0.1) is 25.6 Å². The van der Waals surface area contributed by atoms with Gasteiger partial charge in [0.2, 0.25) is 11.8 Å². The van der Waals surface area contributed by atoms with Crippen LogP contribution < -0.4 is 10.6 Å². The Bertz CT molecular complexity index is 469. The van der Waals surface area contributed by atoms with Crippen LogP contribution in [0.5, 0.6) is 0 Å². The Balaban J connectivity index is 1.65. The Morgan fingerprint density at radius 2 is 1.37 bits per heavy atom. The van der Waals surface area contributed by atoms with Gasteiger partial charge in [-0.1, -0.05) is 0 Å². The van der Waals surface area contributed by atoms with Crippen LogP contribution in [0.3, 0.4) is 0 Å². The minimum atomic E-state index is -0.353. The van der Waals surface area contributed by atoms with Crippen molar-refractivity contribution in [2.75, 3.05) is 0 Å². The topological polar surface area (TPSA) is 84.5 Å². The van der Waals surface area contributed by atoms with Gasteiger partial charge in [-0.05, 0) is 24.3 Å². The Kier molecular flexibility index (Phi) is 4.39. The molecular formula is C13H14N2O4. The normalized spacial score (nSPS) is 10.1. The van der Waals surface area contributed by atoms with Crippen LogP contribution >= 0.6 is 0 Å². The van der Waals surface area contributed by atoms with Crippen molar-refractivity contribution in [3.63, 3.8) is 0 Å². The molecule has 0 radical (unpaired) electrons. The molecule has 0 saturated heterocycles. The molecule has 19 heavy (non-hydrogen) atoms. The Morgan fingerprint density at radius 1 is 0.895 bits per heavy atom. The first-order valence-electron chi connectivity index (χ1n) is 5.82. The van der Waals surface area contributed by atoms with Gasteiger partial charge >= 0.3 is 0 Å². The van der Waals surface area contributed by atoms with Crippen molar-refractivity contribution in [3.8, 4) is 0 Å². The molecule has 100 valence electrons. The van der Waals surface area contributed by atoms with E-state index in [4.69, 9.17) is 8.83 Å². The lowest BCUT2D eigenvalue weighted by Crippen LogP contribution is -2.31. The highest BCUT2D eigenvalue weighted by atomic mass is 16.3. The van der Waals surface area contributed by atoms with Crippen LogP contribution in [0, 0.1) is 0 Å². The highest BCUT2D eigenvalue weighted by Crippen LogP contribution is 2.00. The zero-order chi connectivity index (χ0) is 13.5. The van der Waals surface area contributed by atoms with E-state index in [1.54, 1.807) is 24.3 Å². The van der Waals surface area contributed by atoms with Crippen molar-refractivity contribution in [1.29, 1.82) is 0 Å². The van der Waals surface area contributed by atoms with Gasteiger partial charge in [-0.15, -0.1) is 0 Å². The molecule has 2 aromatic rings. The SMILES string of the molecule is O=C(CC(=O)NCc1ccco1)NCc1ccco1. The largest absolute Gasteiger partial charge is 0.467 e. The van der Waals surface area contributed by atoms with Crippen LogP contribution in [0.4, 0.5) is 0 Å². The van der Waals surface area contributed by atoms with Crippen LogP contribution in [0.15, 0.2) is 45.6 Å². The van der Waals surface area contributed by atoms with Crippen LogP contribution in [-0.2, 0) is 22.7 Å². The molecule has 0 aliphatic rings. The highest BCUT2D eigenvalue weighted by Gasteiger charge is 2.09. The van der Waals surface area contributed by atoms with Gasteiger partial charge in [-0.25, -0.2) is 0 Å². The van der Waals surface area contributed by atoms with Crippen LogP contribution in [0.2, 0.25) is 0 Å². The number of hydrogen-bond acceptors (Lipinski definition) is 4. The first kappa shape index (κ1) is 12.9. The predicted octanol–water partition coefficient (Wildman–Crippen LogP) is 1.20. The van der Waals surface area contributed by atoms with Crippen molar-refractivity contribution in [1.82, 2.24) is 10.6 Å². The fraction of sp³-hybridized carbons (Fsp3) is 0.231. The van der Waals surface area contributed by atoms with E-state index < -0.39 is 0 Å². The summed E-state index contributed by atoms with van der Waals surface area (Å²) >= 11 is 0. The molecule has 0 aromatic carbocycles. The third-order valence-electron chi connectivity index (χ3n) is 2.40. The summed E-state index contributed by atoms with van der Waals surface area (Å²) in [5.74, 6) is 0.579. The molecule has 2 rings (SSSR count). The Labute approximate surface area is 109 Å². The fourth-order valence-corrected chi connectivity index (χ4v) is 1.47. The van der Waals surface area contributed by atoms with Crippen molar-refractivity contribution in [3.05, 3.63) is 48.3 Å². The zero-order valence-corrected chi connectivity index (χ0v) is 10.2. The highest BCUT2D eigenvalue weighted by molar-refractivity contribution is 5.96. The Morgan fingerprint density at radius 3 is 1.74 bits per heavy atom. The average molecular weight is 262 g/mol. The molecule has 0 spiro atoms. The van der Waals surface area contributed by atoms with E-state index in [2.05, 4.69) is 10.6 Å². The lowest BCUT2D eigenvalue weighted by atomic mass is 10.3. The number of amides is 2. The summed E-state index contributed by atoms with van der Waals surface area (Å²) in [5, 5.41) is 5.18. The van der Waals surface area contributed by atoms with E-state index >= 15 is 0 Å². The van der Waals surface area contributed by atoms with Gasteiger partial charge in [-0.3, -0.25) is 9.59 Å². The van der Waals surface area contributed by atoms with Gasteiger partial charge in [-0.2, -0.15) is 0 Å². The maximum Gasteiger partial charge on any atom is 0.229 e. The fourth-order valence-electron chi connectivity index (χ4n) is 1.47. The maximum atomic E-state index is 11.5. The van der Waals surface area contributed by atoms with Gasteiger partial charge < -0.3 is 19.5 Å². The van der Waals surface area contributed by atoms with E-state index in [9.17, 15) is 9.59 Å². The molecule has 0 unspecified atom stereocenters. The molecule has 0 aliphatic heterocycles.